The lowest BCUT2D eigenvalue weighted by Gasteiger charge is -2.25. The smallest absolute Gasteiger partial charge is 0.303 e. The van der Waals surface area contributed by atoms with Gasteiger partial charge in [-0.25, -0.2) is 0 Å². The molecular formula is C18H30O4. The van der Waals surface area contributed by atoms with Crippen molar-refractivity contribution in [2.75, 3.05) is 19.8 Å². The summed E-state index contributed by atoms with van der Waals surface area (Å²) in [5.74, 6) is 0.363. The fraction of sp³-hybridized carbons (Fsp3) is 0.833. The summed E-state index contributed by atoms with van der Waals surface area (Å²) in [4.78, 5) is 10.4. The van der Waals surface area contributed by atoms with Gasteiger partial charge in [0.1, 0.15) is 0 Å². The first-order chi connectivity index (χ1) is 10.8. The number of hydrogen-bond acceptors (Lipinski definition) is 3. The summed E-state index contributed by atoms with van der Waals surface area (Å²) in [6.07, 6.45) is 14.1. The summed E-state index contributed by atoms with van der Waals surface area (Å²) in [6, 6.07) is 0. The van der Waals surface area contributed by atoms with Gasteiger partial charge in [-0.2, -0.15) is 0 Å². The highest BCUT2D eigenvalue weighted by atomic mass is 16.5. The van der Waals surface area contributed by atoms with E-state index in [1.165, 1.54) is 32.1 Å². The van der Waals surface area contributed by atoms with Gasteiger partial charge in [-0.15, -0.1) is 0 Å². The van der Waals surface area contributed by atoms with Crippen molar-refractivity contribution >= 4 is 5.97 Å². The van der Waals surface area contributed by atoms with Crippen LogP contribution in [0, 0.1) is 11.8 Å². The van der Waals surface area contributed by atoms with Crippen molar-refractivity contribution in [2.24, 2.45) is 11.8 Å². The minimum atomic E-state index is -0.711. The van der Waals surface area contributed by atoms with E-state index in [1.807, 2.05) is 0 Å². The average molecular weight is 310 g/mol. The van der Waals surface area contributed by atoms with Gasteiger partial charge in [-0.05, 0) is 38.0 Å². The maximum absolute atomic E-state index is 10.4. The molecule has 1 heterocycles. The predicted molar refractivity (Wildman–Crippen MR) is 85.9 cm³/mol. The molecule has 2 fully saturated rings. The van der Waals surface area contributed by atoms with Crippen LogP contribution in [0.25, 0.3) is 0 Å². The Labute approximate surface area is 133 Å². The van der Waals surface area contributed by atoms with Crippen molar-refractivity contribution in [1.82, 2.24) is 0 Å². The van der Waals surface area contributed by atoms with Gasteiger partial charge in [0, 0.05) is 12.3 Å². The number of carboxylic acids is 1. The van der Waals surface area contributed by atoms with Gasteiger partial charge in [0.2, 0.25) is 0 Å². The Kier molecular flexibility index (Phi) is 7.95. The highest BCUT2D eigenvalue weighted by Crippen LogP contribution is 2.27. The lowest BCUT2D eigenvalue weighted by molar-refractivity contribution is -0.137. The van der Waals surface area contributed by atoms with Gasteiger partial charge in [0.15, 0.2) is 0 Å². The third kappa shape index (κ3) is 6.49. The maximum atomic E-state index is 10.4. The molecule has 0 unspecified atom stereocenters. The Morgan fingerprint density at radius 1 is 1.14 bits per heavy atom. The number of hydrogen-bond donors (Lipinski definition) is 1. The average Bonchev–Trinajstić information content (AvgIpc) is 2.97. The highest BCUT2D eigenvalue weighted by Gasteiger charge is 2.28. The molecule has 0 spiro atoms. The van der Waals surface area contributed by atoms with Crippen LogP contribution < -0.4 is 0 Å². The second kappa shape index (κ2) is 10.0. The van der Waals surface area contributed by atoms with Crippen LogP contribution in [0.4, 0.5) is 0 Å². The summed E-state index contributed by atoms with van der Waals surface area (Å²) in [6.45, 7) is 2.49. The molecule has 0 aromatic carbocycles. The van der Waals surface area contributed by atoms with Gasteiger partial charge in [-0.1, -0.05) is 31.4 Å². The Morgan fingerprint density at radius 2 is 1.91 bits per heavy atom. The van der Waals surface area contributed by atoms with Crippen molar-refractivity contribution < 1.29 is 19.4 Å². The summed E-state index contributed by atoms with van der Waals surface area (Å²) in [7, 11) is 0. The molecule has 0 bridgehead atoms. The Balaban J connectivity index is 1.60. The van der Waals surface area contributed by atoms with E-state index in [0.717, 1.165) is 39.1 Å². The first kappa shape index (κ1) is 17.5. The Morgan fingerprint density at radius 3 is 2.68 bits per heavy atom. The van der Waals surface area contributed by atoms with Crippen LogP contribution in [0.3, 0.4) is 0 Å². The van der Waals surface area contributed by atoms with E-state index < -0.39 is 5.97 Å². The van der Waals surface area contributed by atoms with Crippen LogP contribution in [0.1, 0.15) is 57.8 Å². The summed E-state index contributed by atoms with van der Waals surface area (Å²) < 4.78 is 11.7. The molecule has 4 nitrogen and oxygen atoms in total. The number of carbonyl (C=O) groups is 1. The molecule has 1 saturated heterocycles. The molecule has 0 amide bonds. The molecule has 2 atom stereocenters. The zero-order valence-electron chi connectivity index (χ0n) is 13.5. The standard InChI is InChI=1S/C18H30O4/c19-18(20)11-7-2-1-4-8-15-12-21-13-16(15)14-22-17-9-5-3-6-10-17/h1,4,15-17H,2-3,5-14H2,(H,19,20)/t15-,16-/m0/s1. The molecule has 126 valence electrons. The van der Waals surface area contributed by atoms with Crippen LogP contribution >= 0.6 is 0 Å². The van der Waals surface area contributed by atoms with Crippen molar-refractivity contribution in [2.45, 2.75) is 63.9 Å². The Bertz CT molecular complexity index is 347. The summed E-state index contributed by atoms with van der Waals surface area (Å²) >= 11 is 0. The Hall–Kier alpha value is -0.870. The quantitative estimate of drug-likeness (QED) is 0.520. The minimum absolute atomic E-state index is 0.259. The second-order valence-corrected chi connectivity index (χ2v) is 6.64. The van der Waals surface area contributed by atoms with Gasteiger partial charge < -0.3 is 14.6 Å². The van der Waals surface area contributed by atoms with Crippen molar-refractivity contribution in [1.29, 1.82) is 0 Å². The minimum Gasteiger partial charge on any atom is -0.481 e. The lowest BCUT2D eigenvalue weighted by atomic mass is 9.92. The van der Waals surface area contributed by atoms with Crippen molar-refractivity contribution in [3.05, 3.63) is 12.2 Å². The van der Waals surface area contributed by atoms with Crippen LogP contribution in [0.2, 0.25) is 0 Å². The van der Waals surface area contributed by atoms with Crippen molar-refractivity contribution in [3.63, 3.8) is 0 Å². The fourth-order valence-electron chi connectivity index (χ4n) is 3.34. The van der Waals surface area contributed by atoms with Crippen LogP contribution in [0.5, 0.6) is 0 Å². The number of rotatable bonds is 9. The molecule has 1 aliphatic heterocycles. The van der Waals surface area contributed by atoms with Gasteiger partial charge in [0.25, 0.3) is 0 Å². The number of aliphatic carboxylic acids is 1. The lowest BCUT2D eigenvalue weighted by Crippen LogP contribution is -2.24. The molecule has 0 aromatic rings. The largest absolute Gasteiger partial charge is 0.481 e. The molecular weight excluding hydrogens is 280 g/mol. The zero-order chi connectivity index (χ0) is 15.6. The summed E-state index contributed by atoms with van der Waals surface area (Å²) in [5, 5.41) is 8.59. The van der Waals surface area contributed by atoms with Crippen molar-refractivity contribution in [3.8, 4) is 0 Å². The first-order valence-electron chi connectivity index (χ1n) is 8.82. The van der Waals surface area contributed by atoms with E-state index in [1.54, 1.807) is 0 Å². The fourth-order valence-corrected chi connectivity index (χ4v) is 3.34. The molecule has 0 radical (unpaired) electrons. The van der Waals surface area contributed by atoms with E-state index in [4.69, 9.17) is 14.6 Å². The van der Waals surface area contributed by atoms with Gasteiger partial charge >= 0.3 is 5.97 Å². The first-order valence-corrected chi connectivity index (χ1v) is 8.82. The van der Waals surface area contributed by atoms with E-state index in [-0.39, 0.29) is 6.42 Å². The predicted octanol–water partition coefficient (Wildman–Crippen LogP) is 3.80. The van der Waals surface area contributed by atoms with Crippen LogP contribution in [-0.2, 0) is 14.3 Å². The molecule has 22 heavy (non-hydrogen) atoms. The second-order valence-electron chi connectivity index (χ2n) is 6.64. The van der Waals surface area contributed by atoms with Gasteiger partial charge in [-0.3, -0.25) is 4.79 Å². The molecule has 2 aliphatic rings. The molecule has 1 saturated carbocycles. The molecule has 1 N–H and O–H groups in total. The SMILES string of the molecule is O=C(O)CCCC=CC[C@H]1COC[C@H]1COC1CCCCC1. The van der Waals surface area contributed by atoms with E-state index in [2.05, 4.69) is 12.2 Å². The van der Waals surface area contributed by atoms with Gasteiger partial charge in [0.05, 0.1) is 25.9 Å². The van der Waals surface area contributed by atoms with E-state index >= 15 is 0 Å². The van der Waals surface area contributed by atoms with E-state index in [0.29, 0.717) is 17.9 Å². The highest BCUT2D eigenvalue weighted by molar-refractivity contribution is 5.66. The third-order valence-electron chi connectivity index (χ3n) is 4.80. The molecule has 4 heteroatoms. The number of unbranched alkanes of at least 4 members (excludes halogenated alkanes) is 1. The molecule has 1 aliphatic carbocycles. The summed E-state index contributed by atoms with van der Waals surface area (Å²) in [5.41, 5.74) is 0. The molecule has 2 rings (SSSR count). The number of allylic oxidation sites excluding steroid dienone is 2. The maximum Gasteiger partial charge on any atom is 0.303 e. The zero-order valence-corrected chi connectivity index (χ0v) is 13.5. The topological polar surface area (TPSA) is 55.8 Å². The van der Waals surface area contributed by atoms with Crippen LogP contribution in [0.15, 0.2) is 12.2 Å². The number of ether oxygens (including phenoxy) is 2. The normalized spacial score (nSPS) is 26.7. The molecule has 0 aromatic heterocycles. The third-order valence-corrected chi connectivity index (χ3v) is 4.80. The van der Waals surface area contributed by atoms with E-state index in [9.17, 15) is 4.79 Å². The number of carboxylic acid groups (broad SMARTS) is 1. The van der Waals surface area contributed by atoms with Crippen LogP contribution in [-0.4, -0.2) is 37.0 Å². The monoisotopic (exact) mass is 310 g/mol.